The molecule has 0 aliphatic rings. The summed E-state index contributed by atoms with van der Waals surface area (Å²) in [6, 6.07) is 61.2. The van der Waals surface area contributed by atoms with Crippen molar-refractivity contribution in [1.82, 2.24) is 4.57 Å². The predicted molar refractivity (Wildman–Crippen MR) is 202 cm³/mol. The highest BCUT2D eigenvalue weighted by molar-refractivity contribution is 7.20. The van der Waals surface area contributed by atoms with Gasteiger partial charge in [0.05, 0.1) is 29.9 Å². The Balaban J connectivity index is 1.36. The van der Waals surface area contributed by atoms with Crippen molar-refractivity contribution in [3.05, 3.63) is 199 Å². The Morgan fingerprint density at radius 2 is 0.854 bits per heavy atom. The van der Waals surface area contributed by atoms with Crippen LogP contribution < -0.4 is 20.7 Å². The average Bonchev–Trinajstić information content (AvgIpc) is 3.50. The predicted octanol–water partition coefficient (Wildman–Crippen LogP) is 8.93. The summed E-state index contributed by atoms with van der Waals surface area (Å²) in [5, 5.41) is 7.06. The molecule has 0 N–H and O–H groups in total. The van der Waals surface area contributed by atoms with Crippen LogP contribution >= 0.6 is 0 Å². The summed E-state index contributed by atoms with van der Waals surface area (Å²) in [4.78, 5) is 8.16. The molecule has 0 unspecified atom stereocenters. The van der Waals surface area contributed by atoms with Crippen LogP contribution in [-0.4, -0.2) is 12.6 Å². The van der Waals surface area contributed by atoms with Crippen LogP contribution in [0.25, 0.3) is 48.3 Å². The largest absolute Gasteiger partial charge is 0.319 e. The molecule has 0 spiro atoms. The molecule has 0 aliphatic heterocycles. The molecule has 0 saturated carbocycles. The van der Waals surface area contributed by atoms with E-state index in [2.05, 4.69) is 160 Å². The first-order valence-electron chi connectivity index (χ1n) is 15.9. The molecule has 0 bridgehead atoms. The van der Waals surface area contributed by atoms with Crippen LogP contribution in [0.5, 0.6) is 0 Å². The SMILES string of the molecule is [C-]#[N+]c1ccc(-c2ccc([Si](c3ccccc3)(c3ccccc3)c3ccccc3)c([N+]#[C-])c2)cc1-n1c2ccccc2c2ccccc21. The van der Waals surface area contributed by atoms with Gasteiger partial charge in [0.2, 0.25) is 5.69 Å². The Bertz CT molecular complexity index is 2370. The minimum absolute atomic E-state index is 0.580. The molecule has 48 heavy (non-hydrogen) atoms. The topological polar surface area (TPSA) is 13.7 Å². The minimum atomic E-state index is -2.88. The van der Waals surface area contributed by atoms with Gasteiger partial charge in [-0.05, 0) is 56.1 Å². The first-order valence-corrected chi connectivity index (χ1v) is 17.9. The summed E-state index contributed by atoms with van der Waals surface area (Å²) >= 11 is 0. The van der Waals surface area contributed by atoms with Crippen LogP contribution in [0.4, 0.5) is 11.4 Å². The summed E-state index contributed by atoms with van der Waals surface area (Å²) in [6.07, 6.45) is 0. The molecular weight excluding hydrogens is 599 g/mol. The van der Waals surface area contributed by atoms with Gasteiger partial charge in [-0.1, -0.05) is 152 Å². The smallest absolute Gasteiger partial charge is 0.210 e. The van der Waals surface area contributed by atoms with E-state index >= 15 is 0 Å². The third kappa shape index (κ3) is 4.55. The zero-order chi connectivity index (χ0) is 32.5. The third-order valence-electron chi connectivity index (χ3n) is 9.39. The minimum Gasteiger partial charge on any atom is -0.319 e. The standard InChI is InChI=1S/C44H29N3Si/c1-45-39-28-26-33(31-43(39)47-41-24-14-12-22-37(41)38-23-13-15-25-42(38)47)32-27-29-44(40(30-32)46-2)48(34-16-6-3-7-17-34,35-18-8-4-9-19-35)36-20-10-5-11-21-36/h3-31H. The highest BCUT2D eigenvalue weighted by atomic mass is 28.3. The second-order valence-electron chi connectivity index (χ2n) is 11.9. The molecule has 1 heterocycles. The van der Waals surface area contributed by atoms with Crippen LogP contribution in [-0.2, 0) is 0 Å². The molecule has 0 saturated heterocycles. The molecule has 8 rings (SSSR count). The average molecular weight is 628 g/mol. The van der Waals surface area contributed by atoms with E-state index in [1.54, 1.807) is 0 Å². The third-order valence-corrected chi connectivity index (χ3v) is 14.2. The molecule has 4 heteroatoms. The quantitative estimate of drug-likeness (QED) is 0.0993. The van der Waals surface area contributed by atoms with Crippen molar-refractivity contribution in [2.45, 2.75) is 0 Å². The maximum atomic E-state index is 8.51. The molecular formula is C44H29N3Si. The van der Waals surface area contributed by atoms with Gasteiger partial charge in [-0.15, -0.1) is 0 Å². The maximum absolute atomic E-state index is 8.51. The van der Waals surface area contributed by atoms with E-state index in [1.165, 1.54) is 15.6 Å². The van der Waals surface area contributed by atoms with E-state index in [0.717, 1.165) is 43.8 Å². The number of para-hydroxylation sites is 2. The second kappa shape index (κ2) is 12.0. The lowest BCUT2D eigenvalue weighted by molar-refractivity contribution is 1.19. The van der Waals surface area contributed by atoms with E-state index < -0.39 is 8.07 Å². The molecule has 0 amide bonds. The molecule has 3 nitrogen and oxygen atoms in total. The van der Waals surface area contributed by atoms with Gasteiger partial charge in [0.1, 0.15) is 0 Å². The fourth-order valence-electron chi connectivity index (χ4n) is 7.31. The first-order chi connectivity index (χ1) is 23.7. The Morgan fingerprint density at radius 3 is 1.35 bits per heavy atom. The van der Waals surface area contributed by atoms with Crippen LogP contribution in [0, 0.1) is 13.1 Å². The van der Waals surface area contributed by atoms with Crippen molar-refractivity contribution < 1.29 is 0 Å². The number of hydrogen-bond donors (Lipinski definition) is 0. The number of benzene rings is 7. The van der Waals surface area contributed by atoms with E-state index in [0.29, 0.717) is 11.4 Å². The van der Waals surface area contributed by atoms with Gasteiger partial charge in [-0.25, -0.2) is 9.69 Å². The van der Waals surface area contributed by atoms with Crippen molar-refractivity contribution in [1.29, 1.82) is 0 Å². The monoisotopic (exact) mass is 627 g/mol. The lowest BCUT2D eigenvalue weighted by Gasteiger charge is -2.35. The lowest BCUT2D eigenvalue weighted by atomic mass is 10.0. The molecule has 8 aromatic rings. The van der Waals surface area contributed by atoms with Gasteiger partial charge >= 0.3 is 0 Å². The molecule has 0 fully saturated rings. The number of rotatable bonds is 6. The van der Waals surface area contributed by atoms with Crippen molar-refractivity contribution in [2.75, 3.05) is 0 Å². The van der Waals surface area contributed by atoms with E-state index in [9.17, 15) is 0 Å². The fourth-order valence-corrected chi connectivity index (χ4v) is 12.2. The van der Waals surface area contributed by atoms with Gasteiger partial charge in [0.25, 0.3) is 0 Å². The van der Waals surface area contributed by atoms with Crippen LogP contribution in [0.2, 0.25) is 0 Å². The van der Waals surface area contributed by atoms with Crippen molar-refractivity contribution in [2.24, 2.45) is 0 Å². The van der Waals surface area contributed by atoms with Gasteiger partial charge in [-0.3, -0.25) is 0 Å². The zero-order valence-corrected chi connectivity index (χ0v) is 27.1. The van der Waals surface area contributed by atoms with Gasteiger partial charge in [0.15, 0.2) is 13.8 Å². The van der Waals surface area contributed by atoms with Crippen LogP contribution in [0.15, 0.2) is 176 Å². The highest BCUT2D eigenvalue weighted by Crippen LogP contribution is 2.38. The summed E-state index contributed by atoms with van der Waals surface area (Å²) in [6.45, 7) is 16.6. The summed E-state index contributed by atoms with van der Waals surface area (Å²) in [5.74, 6) is 0. The Morgan fingerprint density at radius 1 is 0.417 bits per heavy atom. The Labute approximate surface area is 281 Å². The van der Waals surface area contributed by atoms with Crippen LogP contribution in [0.1, 0.15) is 0 Å². The number of hydrogen-bond acceptors (Lipinski definition) is 0. The Kier molecular flexibility index (Phi) is 7.27. The fraction of sp³-hybridized carbons (Fsp3) is 0. The van der Waals surface area contributed by atoms with E-state index in [-0.39, 0.29) is 0 Å². The van der Waals surface area contributed by atoms with Gasteiger partial charge < -0.3 is 4.57 Å². The van der Waals surface area contributed by atoms with Crippen molar-refractivity contribution in [3.63, 3.8) is 0 Å². The maximum Gasteiger partial charge on any atom is 0.210 e. The van der Waals surface area contributed by atoms with Gasteiger partial charge in [-0.2, -0.15) is 0 Å². The van der Waals surface area contributed by atoms with E-state index in [4.69, 9.17) is 13.1 Å². The van der Waals surface area contributed by atoms with Gasteiger partial charge in [0, 0.05) is 10.8 Å². The molecule has 7 aromatic carbocycles. The molecule has 0 atom stereocenters. The summed E-state index contributed by atoms with van der Waals surface area (Å²) in [7, 11) is -2.88. The van der Waals surface area contributed by atoms with Crippen molar-refractivity contribution >= 4 is 62.0 Å². The molecule has 0 radical (unpaired) electrons. The highest BCUT2D eigenvalue weighted by Gasteiger charge is 2.42. The summed E-state index contributed by atoms with van der Waals surface area (Å²) in [5.41, 5.74) is 6.07. The lowest BCUT2D eigenvalue weighted by Crippen LogP contribution is -2.74. The summed E-state index contributed by atoms with van der Waals surface area (Å²) < 4.78 is 2.20. The second-order valence-corrected chi connectivity index (χ2v) is 15.6. The molecule has 1 aromatic heterocycles. The van der Waals surface area contributed by atoms with Crippen molar-refractivity contribution in [3.8, 4) is 16.8 Å². The number of nitrogens with zero attached hydrogens (tertiary/aromatic N) is 3. The zero-order valence-electron chi connectivity index (χ0n) is 26.1. The molecule has 224 valence electrons. The first kappa shape index (κ1) is 29.0. The number of aromatic nitrogens is 1. The Hall–Kier alpha value is -6.46. The van der Waals surface area contributed by atoms with E-state index in [1.807, 2.05) is 30.3 Å². The molecule has 0 aliphatic carbocycles. The van der Waals surface area contributed by atoms with Crippen LogP contribution in [0.3, 0.4) is 0 Å². The normalized spacial score (nSPS) is 11.3. The number of fused-ring (bicyclic) bond motifs is 3.